The molecule has 0 saturated heterocycles. The highest BCUT2D eigenvalue weighted by Crippen LogP contribution is 2.22. The standard InChI is InChI=1S/C19H14ClFN2O/c20-17-11-16(21)8-9-18(17)22-19(24)13-23-10-4-7-15(12-23)14-5-2-1-3-6-14/h1-12H,13H2/p+1. The van der Waals surface area contributed by atoms with Crippen molar-refractivity contribution < 1.29 is 13.8 Å². The second kappa shape index (κ2) is 7.23. The third-order valence-corrected chi connectivity index (χ3v) is 3.81. The van der Waals surface area contributed by atoms with Gasteiger partial charge in [-0.05, 0) is 29.8 Å². The van der Waals surface area contributed by atoms with E-state index in [9.17, 15) is 9.18 Å². The molecule has 3 aromatic rings. The van der Waals surface area contributed by atoms with Gasteiger partial charge in [-0.25, -0.2) is 4.39 Å². The minimum absolute atomic E-state index is 0.133. The molecule has 120 valence electrons. The number of nitrogens with zero attached hydrogens (tertiary/aromatic N) is 1. The summed E-state index contributed by atoms with van der Waals surface area (Å²) in [4.78, 5) is 12.2. The van der Waals surface area contributed by atoms with E-state index in [1.165, 1.54) is 18.2 Å². The first-order valence-corrected chi connectivity index (χ1v) is 7.79. The highest BCUT2D eigenvalue weighted by atomic mass is 35.5. The lowest BCUT2D eigenvalue weighted by molar-refractivity contribution is -0.683. The van der Waals surface area contributed by atoms with Gasteiger partial charge in [0.25, 0.3) is 5.91 Å². The maximum atomic E-state index is 13.0. The number of rotatable bonds is 4. The number of nitrogens with one attached hydrogen (secondary N) is 1. The predicted molar refractivity (Wildman–Crippen MR) is 92.1 cm³/mol. The van der Waals surface area contributed by atoms with Gasteiger partial charge in [0.05, 0.1) is 10.7 Å². The van der Waals surface area contributed by atoms with Gasteiger partial charge in [0.15, 0.2) is 12.4 Å². The van der Waals surface area contributed by atoms with E-state index in [2.05, 4.69) is 5.32 Å². The Morgan fingerprint density at radius 3 is 2.54 bits per heavy atom. The van der Waals surface area contributed by atoms with Crippen LogP contribution < -0.4 is 9.88 Å². The second-order valence-electron chi connectivity index (χ2n) is 5.30. The zero-order valence-electron chi connectivity index (χ0n) is 12.7. The number of carbonyl (C=O) groups is 1. The van der Waals surface area contributed by atoms with Gasteiger partial charge in [0, 0.05) is 11.6 Å². The quantitative estimate of drug-likeness (QED) is 0.713. The molecule has 1 heterocycles. The fourth-order valence-electron chi connectivity index (χ4n) is 2.37. The molecule has 0 radical (unpaired) electrons. The van der Waals surface area contributed by atoms with E-state index in [4.69, 9.17) is 11.6 Å². The molecule has 2 aromatic carbocycles. The van der Waals surface area contributed by atoms with Crippen molar-refractivity contribution in [3.63, 3.8) is 0 Å². The fraction of sp³-hybridized carbons (Fsp3) is 0.0526. The Morgan fingerprint density at radius 1 is 1.04 bits per heavy atom. The Morgan fingerprint density at radius 2 is 1.79 bits per heavy atom. The number of amides is 1. The van der Waals surface area contributed by atoms with E-state index in [-0.39, 0.29) is 17.5 Å². The third-order valence-electron chi connectivity index (χ3n) is 3.50. The van der Waals surface area contributed by atoms with Crippen LogP contribution >= 0.6 is 11.6 Å². The summed E-state index contributed by atoms with van der Waals surface area (Å²) < 4.78 is 14.8. The fourth-order valence-corrected chi connectivity index (χ4v) is 2.58. The number of hydrogen-bond donors (Lipinski definition) is 1. The minimum atomic E-state index is -0.442. The summed E-state index contributed by atoms with van der Waals surface area (Å²) in [5.74, 6) is -0.679. The van der Waals surface area contributed by atoms with E-state index >= 15 is 0 Å². The van der Waals surface area contributed by atoms with Crippen LogP contribution in [-0.2, 0) is 11.3 Å². The smallest absolute Gasteiger partial charge is 0.290 e. The first-order chi connectivity index (χ1) is 11.6. The number of pyridine rings is 1. The molecule has 0 atom stereocenters. The Hall–Kier alpha value is -2.72. The SMILES string of the molecule is O=C(C[n+]1cccc(-c2ccccc2)c1)Nc1ccc(F)cc1Cl. The maximum absolute atomic E-state index is 13.0. The van der Waals surface area contributed by atoms with Crippen molar-refractivity contribution in [3.8, 4) is 11.1 Å². The van der Waals surface area contributed by atoms with Crippen molar-refractivity contribution in [2.24, 2.45) is 0 Å². The largest absolute Gasteiger partial charge is 0.319 e. The van der Waals surface area contributed by atoms with Gasteiger partial charge in [-0.3, -0.25) is 4.79 Å². The van der Waals surface area contributed by atoms with Gasteiger partial charge >= 0.3 is 0 Å². The number of aromatic nitrogens is 1. The van der Waals surface area contributed by atoms with Crippen molar-refractivity contribution in [1.29, 1.82) is 0 Å². The van der Waals surface area contributed by atoms with E-state index < -0.39 is 5.82 Å². The van der Waals surface area contributed by atoms with E-state index in [0.717, 1.165) is 11.1 Å². The second-order valence-corrected chi connectivity index (χ2v) is 5.71. The van der Waals surface area contributed by atoms with Gasteiger partial charge < -0.3 is 5.32 Å². The summed E-state index contributed by atoms with van der Waals surface area (Å²) in [5.41, 5.74) is 2.49. The molecule has 1 amide bonds. The molecule has 3 nitrogen and oxygen atoms in total. The Kier molecular flexibility index (Phi) is 4.87. The van der Waals surface area contributed by atoms with Crippen molar-refractivity contribution >= 4 is 23.2 Å². The molecule has 0 fully saturated rings. The predicted octanol–water partition coefficient (Wildman–Crippen LogP) is 4.07. The minimum Gasteiger partial charge on any atom is -0.319 e. The van der Waals surface area contributed by atoms with Crippen LogP contribution in [0.15, 0.2) is 73.1 Å². The van der Waals surface area contributed by atoms with Crippen LogP contribution in [0.1, 0.15) is 0 Å². The monoisotopic (exact) mass is 341 g/mol. The van der Waals surface area contributed by atoms with Crippen LogP contribution in [-0.4, -0.2) is 5.91 Å². The van der Waals surface area contributed by atoms with Gasteiger partial charge in [-0.15, -0.1) is 0 Å². The summed E-state index contributed by atoms with van der Waals surface area (Å²) in [6.07, 6.45) is 3.72. The topological polar surface area (TPSA) is 33.0 Å². The molecule has 5 heteroatoms. The summed E-state index contributed by atoms with van der Waals surface area (Å²) in [5, 5.41) is 2.86. The molecule has 0 bridgehead atoms. The highest BCUT2D eigenvalue weighted by Gasteiger charge is 2.13. The lowest BCUT2D eigenvalue weighted by Crippen LogP contribution is -2.39. The Bertz CT molecular complexity index is 868. The van der Waals surface area contributed by atoms with Crippen LogP contribution in [0.2, 0.25) is 5.02 Å². The molecule has 0 aliphatic heterocycles. The van der Waals surface area contributed by atoms with Crippen LogP contribution in [0.4, 0.5) is 10.1 Å². The first kappa shape index (κ1) is 16.1. The van der Waals surface area contributed by atoms with E-state index in [1.807, 2.05) is 54.9 Å². The summed E-state index contributed by atoms with van der Waals surface area (Å²) >= 11 is 5.92. The molecular weight excluding hydrogens is 327 g/mol. The average molecular weight is 342 g/mol. The molecule has 0 unspecified atom stereocenters. The summed E-state index contributed by atoms with van der Waals surface area (Å²) in [6, 6.07) is 17.7. The maximum Gasteiger partial charge on any atom is 0.290 e. The molecule has 0 spiro atoms. The zero-order valence-corrected chi connectivity index (χ0v) is 13.5. The van der Waals surface area contributed by atoms with Gasteiger partial charge in [0.1, 0.15) is 5.82 Å². The van der Waals surface area contributed by atoms with E-state index in [1.54, 1.807) is 4.57 Å². The van der Waals surface area contributed by atoms with Crippen LogP contribution in [0.5, 0.6) is 0 Å². The molecule has 0 saturated carbocycles. The third kappa shape index (κ3) is 3.97. The number of hydrogen-bond acceptors (Lipinski definition) is 1. The van der Waals surface area contributed by atoms with Gasteiger partial charge in [-0.1, -0.05) is 41.9 Å². The first-order valence-electron chi connectivity index (χ1n) is 7.41. The lowest BCUT2D eigenvalue weighted by atomic mass is 10.1. The molecule has 1 aromatic heterocycles. The number of benzene rings is 2. The van der Waals surface area contributed by atoms with E-state index in [0.29, 0.717) is 5.69 Å². The van der Waals surface area contributed by atoms with Crippen molar-refractivity contribution in [2.75, 3.05) is 5.32 Å². The average Bonchev–Trinajstić information content (AvgIpc) is 2.58. The summed E-state index contributed by atoms with van der Waals surface area (Å²) in [7, 11) is 0. The number of carbonyl (C=O) groups excluding carboxylic acids is 1. The molecular formula is C19H15ClFN2O+. The highest BCUT2D eigenvalue weighted by molar-refractivity contribution is 6.33. The van der Waals surface area contributed by atoms with Crippen molar-refractivity contribution in [3.05, 3.63) is 83.9 Å². The lowest BCUT2D eigenvalue weighted by Gasteiger charge is -2.06. The van der Waals surface area contributed by atoms with Gasteiger partial charge in [-0.2, -0.15) is 4.57 Å². The zero-order chi connectivity index (χ0) is 16.9. The van der Waals surface area contributed by atoms with Crippen LogP contribution in [0.3, 0.4) is 0 Å². The Balaban J connectivity index is 1.73. The van der Waals surface area contributed by atoms with Gasteiger partial charge in [0.2, 0.25) is 6.54 Å². The normalized spacial score (nSPS) is 10.4. The van der Waals surface area contributed by atoms with Crippen LogP contribution in [0, 0.1) is 5.82 Å². The van der Waals surface area contributed by atoms with Crippen LogP contribution in [0.25, 0.3) is 11.1 Å². The summed E-state index contributed by atoms with van der Waals surface area (Å²) in [6.45, 7) is 0.133. The number of halogens is 2. The molecule has 0 aliphatic rings. The number of anilines is 1. The molecule has 3 rings (SSSR count). The molecule has 0 aliphatic carbocycles. The van der Waals surface area contributed by atoms with Crippen molar-refractivity contribution in [2.45, 2.75) is 6.54 Å². The van der Waals surface area contributed by atoms with Crippen molar-refractivity contribution in [1.82, 2.24) is 0 Å². The molecule has 24 heavy (non-hydrogen) atoms. The molecule has 1 N–H and O–H groups in total. The Labute approximate surface area is 144 Å².